The second-order valence-electron chi connectivity index (χ2n) is 8.22. The highest BCUT2D eigenvalue weighted by atomic mass is 32.2. The smallest absolute Gasteiger partial charge is 0.264 e. The lowest BCUT2D eigenvalue weighted by Gasteiger charge is -2.29. The number of anilines is 3. The van der Waals surface area contributed by atoms with Crippen LogP contribution in [0.3, 0.4) is 0 Å². The molecule has 0 atom stereocenters. The summed E-state index contributed by atoms with van der Waals surface area (Å²) in [5, 5.41) is 2.83. The molecule has 1 aliphatic heterocycles. The summed E-state index contributed by atoms with van der Waals surface area (Å²) in [6.07, 6.45) is 1.93. The van der Waals surface area contributed by atoms with Gasteiger partial charge in [0.1, 0.15) is 6.54 Å². The van der Waals surface area contributed by atoms with Crippen LogP contribution in [0.15, 0.2) is 82.6 Å². The van der Waals surface area contributed by atoms with Gasteiger partial charge in [0, 0.05) is 29.4 Å². The molecule has 1 aliphatic rings. The average Bonchev–Trinajstić information content (AvgIpc) is 2.89. The molecule has 35 heavy (non-hydrogen) atoms. The highest BCUT2D eigenvalue weighted by molar-refractivity contribution is 7.98. The number of nitrogens with one attached hydrogen (secondary N) is 1. The van der Waals surface area contributed by atoms with Crippen LogP contribution in [0.4, 0.5) is 17.1 Å². The van der Waals surface area contributed by atoms with Crippen molar-refractivity contribution in [3.63, 3.8) is 0 Å². The Hall–Kier alpha value is -3.01. The van der Waals surface area contributed by atoms with Gasteiger partial charge >= 0.3 is 0 Å². The van der Waals surface area contributed by atoms with E-state index in [1.807, 2.05) is 49.6 Å². The van der Waals surface area contributed by atoms with Crippen LogP contribution < -0.4 is 14.5 Å². The molecule has 1 saturated heterocycles. The van der Waals surface area contributed by atoms with Crippen molar-refractivity contribution in [3.8, 4) is 0 Å². The van der Waals surface area contributed by atoms with Crippen molar-refractivity contribution in [2.24, 2.45) is 0 Å². The Morgan fingerprint density at radius 3 is 2.20 bits per heavy atom. The van der Waals surface area contributed by atoms with E-state index in [1.54, 1.807) is 36.4 Å². The number of hydrogen-bond donors (Lipinski definition) is 1. The molecule has 0 radical (unpaired) electrons. The largest absolute Gasteiger partial charge is 0.378 e. The van der Waals surface area contributed by atoms with Crippen molar-refractivity contribution in [1.82, 2.24) is 0 Å². The maximum atomic E-state index is 13.5. The molecule has 1 amide bonds. The highest BCUT2D eigenvalue weighted by Crippen LogP contribution is 2.26. The topological polar surface area (TPSA) is 79.0 Å². The van der Waals surface area contributed by atoms with Gasteiger partial charge in [-0.05, 0) is 73.8 Å². The zero-order valence-corrected chi connectivity index (χ0v) is 21.4. The van der Waals surface area contributed by atoms with Crippen molar-refractivity contribution in [2.45, 2.75) is 16.7 Å². The number of thioether (sulfide) groups is 1. The van der Waals surface area contributed by atoms with Crippen LogP contribution in [0.1, 0.15) is 5.56 Å². The maximum absolute atomic E-state index is 13.5. The first-order valence-electron chi connectivity index (χ1n) is 11.3. The lowest BCUT2D eigenvalue weighted by Crippen LogP contribution is -2.38. The van der Waals surface area contributed by atoms with Crippen molar-refractivity contribution >= 4 is 44.8 Å². The molecule has 3 aromatic carbocycles. The van der Waals surface area contributed by atoms with Gasteiger partial charge in [-0.25, -0.2) is 8.42 Å². The summed E-state index contributed by atoms with van der Waals surface area (Å²) in [5.41, 5.74) is 3.10. The summed E-state index contributed by atoms with van der Waals surface area (Å²) in [6.45, 7) is 4.63. The van der Waals surface area contributed by atoms with Gasteiger partial charge in [-0.1, -0.05) is 17.7 Å². The number of amides is 1. The molecule has 4 rings (SSSR count). The minimum Gasteiger partial charge on any atom is -0.378 e. The average molecular weight is 512 g/mol. The first kappa shape index (κ1) is 25.1. The van der Waals surface area contributed by atoms with E-state index in [-0.39, 0.29) is 11.4 Å². The van der Waals surface area contributed by atoms with Crippen LogP contribution in [0.2, 0.25) is 0 Å². The molecule has 3 aromatic rings. The van der Waals surface area contributed by atoms with E-state index in [2.05, 4.69) is 10.2 Å². The number of carbonyl (C=O) groups is 1. The minimum absolute atomic E-state index is 0.138. The van der Waals surface area contributed by atoms with Gasteiger partial charge < -0.3 is 15.0 Å². The van der Waals surface area contributed by atoms with E-state index in [0.29, 0.717) is 24.6 Å². The van der Waals surface area contributed by atoms with Crippen LogP contribution >= 0.6 is 11.8 Å². The third kappa shape index (κ3) is 6.17. The molecule has 0 spiro atoms. The molecule has 0 aliphatic carbocycles. The number of benzene rings is 3. The number of aryl methyl sites for hydroxylation is 1. The van der Waals surface area contributed by atoms with Crippen LogP contribution in [0, 0.1) is 6.92 Å². The van der Waals surface area contributed by atoms with Crippen molar-refractivity contribution in [3.05, 3.63) is 78.4 Å². The normalized spacial score (nSPS) is 13.9. The molecule has 0 aromatic heterocycles. The predicted octanol–water partition coefficient (Wildman–Crippen LogP) is 4.39. The number of nitrogens with zero attached hydrogens (tertiary/aromatic N) is 2. The molecule has 1 N–H and O–H groups in total. The van der Waals surface area contributed by atoms with Crippen LogP contribution in [-0.4, -0.2) is 53.4 Å². The zero-order chi connectivity index (χ0) is 24.8. The molecule has 9 heteroatoms. The highest BCUT2D eigenvalue weighted by Gasteiger charge is 2.27. The van der Waals surface area contributed by atoms with E-state index in [0.717, 1.165) is 33.5 Å². The molecule has 0 saturated carbocycles. The summed E-state index contributed by atoms with van der Waals surface area (Å²) in [4.78, 5) is 16.3. The van der Waals surface area contributed by atoms with Crippen molar-refractivity contribution < 1.29 is 17.9 Å². The Morgan fingerprint density at radius 1 is 0.971 bits per heavy atom. The number of sulfonamides is 1. The number of rotatable bonds is 8. The number of morpholine rings is 1. The fraction of sp³-hybridized carbons (Fsp3) is 0.269. The lowest BCUT2D eigenvalue weighted by atomic mass is 10.2. The number of carbonyl (C=O) groups excluding carboxylic acids is 1. The lowest BCUT2D eigenvalue weighted by molar-refractivity contribution is -0.114. The van der Waals surface area contributed by atoms with E-state index >= 15 is 0 Å². The maximum Gasteiger partial charge on any atom is 0.264 e. The Labute approximate surface area is 211 Å². The minimum atomic E-state index is -3.96. The Kier molecular flexibility index (Phi) is 8.00. The molecule has 184 valence electrons. The first-order valence-corrected chi connectivity index (χ1v) is 14.0. The summed E-state index contributed by atoms with van der Waals surface area (Å²) in [5.74, 6) is -0.422. The molecular weight excluding hydrogens is 482 g/mol. The van der Waals surface area contributed by atoms with E-state index in [1.165, 1.54) is 11.8 Å². The fourth-order valence-corrected chi connectivity index (χ4v) is 5.64. The van der Waals surface area contributed by atoms with Gasteiger partial charge in [0.25, 0.3) is 10.0 Å². The van der Waals surface area contributed by atoms with Crippen LogP contribution in [-0.2, 0) is 19.6 Å². The summed E-state index contributed by atoms with van der Waals surface area (Å²) in [7, 11) is -3.96. The Morgan fingerprint density at radius 2 is 1.60 bits per heavy atom. The predicted molar refractivity (Wildman–Crippen MR) is 142 cm³/mol. The molecule has 7 nitrogen and oxygen atoms in total. The van der Waals surface area contributed by atoms with Gasteiger partial charge in [0.2, 0.25) is 5.91 Å². The van der Waals surface area contributed by atoms with E-state index < -0.39 is 15.9 Å². The number of ether oxygens (including phenoxy) is 1. The van der Waals surface area contributed by atoms with Crippen LogP contribution in [0.5, 0.6) is 0 Å². The molecule has 0 unspecified atom stereocenters. The second kappa shape index (κ2) is 11.2. The SMILES string of the molecule is CSc1ccc(S(=O)(=O)N(CC(=O)Nc2ccc(N3CCOCC3)cc2)c2ccc(C)cc2)cc1. The Balaban J connectivity index is 1.53. The van der Waals surface area contributed by atoms with Crippen LogP contribution in [0.25, 0.3) is 0 Å². The molecule has 1 fully saturated rings. The van der Waals surface area contributed by atoms with Gasteiger partial charge in [-0.2, -0.15) is 0 Å². The van der Waals surface area contributed by atoms with E-state index in [9.17, 15) is 13.2 Å². The Bertz CT molecular complexity index is 1240. The summed E-state index contributed by atoms with van der Waals surface area (Å²) >= 11 is 1.53. The monoisotopic (exact) mass is 511 g/mol. The summed E-state index contributed by atoms with van der Waals surface area (Å²) in [6, 6.07) is 21.3. The fourth-order valence-electron chi connectivity index (χ4n) is 3.81. The van der Waals surface area contributed by atoms with E-state index in [4.69, 9.17) is 4.74 Å². The van der Waals surface area contributed by atoms with Crippen molar-refractivity contribution in [2.75, 3.05) is 53.6 Å². The second-order valence-corrected chi connectivity index (χ2v) is 11.0. The van der Waals surface area contributed by atoms with Gasteiger partial charge in [0.15, 0.2) is 0 Å². The summed E-state index contributed by atoms with van der Waals surface area (Å²) < 4.78 is 33.6. The van der Waals surface area contributed by atoms with Gasteiger partial charge in [0.05, 0.1) is 23.8 Å². The standard InChI is InChI=1S/C26H29N3O4S2/c1-20-3-7-23(8-4-20)29(35(31,32)25-13-11-24(34-2)12-14-25)19-26(30)27-21-5-9-22(10-6-21)28-15-17-33-18-16-28/h3-14H,15-19H2,1-2H3,(H,27,30). The quantitative estimate of drug-likeness (QED) is 0.452. The molecular formula is C26H29N3O4S2. The third-order valence-electron chi connectivity index (χ3n) is 5.78. The molecule has 1 heterocycles. The number of hydrogen-bond acceptors (Lipinski definition) is 6. The zero-order valence-electron chi connectivity index (χ0n) is 19.8. The van der Waals surface area contributed by atoms with Gasteiger partial charge in [-0.3, -0.25) is 9.10 Å². The van der Waals surface area contributed by atoms with Gasteiger partial charge in [-0.15, -0.1) is 11.8 Å². The first-order chi connectivity index (χ1) is 16.9. The molecule has 0 bridgehead atoms. The third-order valence-corrected chi connectivity index (χ3v) is 8.32. The van der Waals surface area contributed by atoms with Crippen molar-refractivity contribution in [1.29, 1.82) is 0 Å².